The molecule has 6 heteroatoms. The van der Waals surface area contributed by atoms with Crippen LogP contribution in [0.15, 0.2) is 83.0 Å². The monoisotopic (exact) mass is 422 g/mol. The molecule has 0 unspecified atom stereocenters. The summed E-state index contributed by atoms with van der Waals surface area (Å²) in [4.78, 5) is 25.4. The second-order valence-electron chi connectivity index (χ2n) is 8.08. The van der Waals surface area contributed by atoms with Gasteiger partial charge in [-0.3, -0.25) is 9.98 Å². The molecule has 0 saturated heterocycles. The summed E-state index contributed by atoms with van der Waals surface area (Å²) in [5.41, 5.74) is 3.97. The zero-order valence-electron chi connectivity index (χ0n) is 17.9. The van der Waals surface area contributed by atoms with Gasteiger partial charge < -0.3 is 9.97 Å². The van der Waals surface area contributed by atoms with Crippen LogP contribution in [0.2, 0.25) is 0 Å². The van der Waals surface area contributed by atoms with Crippen LogP contribution in [-0.2, 0) is 0 Å². The molecular weight excluding hydrogens is 396 g/mol. The summed E-state index contributed by atoms with van der Waals surface area (Å²) in [5, 5.41) is 0. The summed E-state index contributed by atoms with van der Waals surface area (Å²) in [6, 6.07) is 20.6. The van der Waals surface area contributed by atoms with E-state index >= 15 is 0 Å². The van der Waals surface area contributed by atoms with E-state index in [1.54, 1.807) is 0 Å². The third-order valence-electron chi connectivity index (χ3n) is 5.79. The van der Waals surface area contributed by atoms with Gasteiger partial charge in [0.15, 0.2) is 0 Å². The molecular formula is C26H26N6. The molecule has 0 amide bonds. The molecule has 5 rings (SSSR count). The highest BCUT2D eigenvalue weighted by Gasteiger charge is 2.23. The Morgan fingerprint density at radius 2 is 1.09 bits per heavy atom. The lowest BCUT2D eigenvalue weighted by Gasteiger charge is -2.25. The number of hydrogen-bond acceptors (Lipinski definition) is 4. The summed E-state index contributed by atoms with van der Waals surface area (Å²) in [6.45, 7) is 0. The molecule has 32 heavy (non-hydrogen) atoms. The Kier molecular flexibility index (Phi) is 6.01. The van der Waals surface area contributed by atoms with E-state index in [0.29, 0.717) is 0 Å². The topological polar surface area (TPSA) is 82.1 Å². The zero-order valence-corrected chi connectivity index (χ0v) is 17.9. The third kappa shape index (κ3) is 4.75. The number of H-pyrrole nitrogens is 2. The first kappa shape index (κ1) is 20.1. The number of aliphatic imine (C=N–C) groups is 2. The highest BCUT2D eigenvalue weighted by Crippen LogP contribution is 2.24. The Balaban J connectivity index is 1.26. The number of aromatic nitrogens is 4. The molecule has 2 aromatic heterocycles. The van der Waals surface area contributed by atoms with Gasteiger partial charge in [-0.25, -0.2) is 9.97 Å². The van der Waals surface area contributed by atoms with Crippen LogP contribution in [0, 0.1) is 0 Å². The number of rotatable bonds is 6. The highest BCUT2D eigenvalue weighted by atomic mass is 15.0. The van der Waals surface area contributed by atoms with Crippen molar-refractivity contribution in [3.05, 3.63) is 84.4 Å². The maximum Gasteiger partial charge on any atom is 0.137 e. The van der Waals surface area contributed by atoms with E-state index < -0.39 is 0 Å². The molecule has 2 heterocycles. The van der Waals surface area contributed by atoms with E-state index in [4.69, 9.17) is 9.98 Å². The second-order valence-corrected chi connectivity index (χ2v) is 8.08. The van der Waals surface area contributed by atoms with Crippen molar-refractivity contribution in [3.8, 4) is 22.8 Å². The molecule has 2 N–H and O–H groups in total. The molecule has 1 saturated carbocycles. The maximum absolute atomic E-state index is 4.87. The quantitative estimate of drug-likeness (QED) is 0.413. The number of aromatic amines is 2. The van der Waals surface area contributed by atoms with Gasteiger partial charge >= 0.3 is 0 Å². The first-order valence-electron chi connectivity index (χ1n) is 11.1. The van der Waals surface area contributed by atoms with Crippen LogP contribution in [0.1, 0.15) is 37.1 Å². The first-order chi connectivity index (χ1) is 15.8. The Morgan fingerprint density at radius 1 is 0.656 bits per heavy atom. The fourth-order valence-corrected chi connectivity index (χ4v) is 4.08. The smallest absolute Gasteiger partial charge is 0.137 e. The predicted molar refractivity (Wildman–Crippen MR) is 129 cm³/mol. The van der Waals surface area contributed by atoms with E-state index in [9.17, 15) is 0 Å². The van der Waals surface area contributed by atoms with Crippen LogP contribution in [0.3, 0.4) is 0 Å². The van der Waals surface area contributed by atoms with Gasteiger partial charge in [0.25, 0.3) is 0 Å². The SMILES string of the molecule is C(=N[C@H]1CCCC[C@H]1N=Cc1cnc(-c2ccccc2)[nH]1)c1cnc(-c2ccccc2)[nH]1. The van der Waals surface area contributed by atoms with Crippen molar-refractivity contribution in [2.45, 2.75) is 37.8 Å². The molecule has 1 aliphatic carbocycles. The first-order valence-corrected chi connectivity index (χ1v) is 11.1. The normalized spacial score (nSPS) is 19.1. The lowest BCUT2D eigenvalue weighted by molar-refractivity contribution is 0.390. The predicted octanol–water partition coefficient (Wildman–Crippen LogP) is 5.32. The van der Waals surface area contributed by atoms with Gasteiger partial charge in [-0.15, -0.1) is 0 Å². The van der Waals surface area contributed by atoms with Crippen molar-refractivity contribution < 1.29 is 0 Å². The van der Waals surface area contributed by atoms with Crippen molar-refractivity contribution in [3.63, 3.8) is 0 Å². The van der Waals surface area contributed by atoms with Gasteiger partial charge in [0.2, 0.25) is 0 Å². The van der Waals surface area contributed by atoms with Crippen LogP contribution in [-0.4, -0.2) is 44.4 Å². The molecule has 4 aromatic rings. The van der Waals surface area contributed by atoms with E-state index in [1.807, 2.05) is 85.5 Å². The van der Waals surface area contributed by atoms with Crippen LogP contribution in [0.5, 0.6) is 0 Å². The lowest BCUT2D eigenvalue weighted by Crippen LogP contribution is -2.27. The number of nitrogens with zero attached hydrogens (tertiary/aromatic N) is 4. The van der Waals surface area contributed by atoms with Crippen LogP contribution in [0.25, 0.3) is 22.8 Å². The largest absolute Gasteiger partial charge is 0.337 e. The van der Waals surface area contributed by atoms with Crippen LogP contribution >= 0.6 is 0 Å². The highest BCUT2D eigenvalue weighted by molar-refractivity contribution is 5.79. The molecule has 0 radical (unpaired) electrons. The van der Waals surface area contributed by atoms with Crippen LogP contribution in [0.4, 0.5) is 0 Å². The fourth-order valence-electron chi connectivity index (χ4n) is 4.08. The Morgan fingerprint density at radius 3 is 1.53 bits per heavy atom. The Hall–Kier alpha value is -3.80. The minimum atomic E-state index is 0.181. The molecule has 2 atom stereocenters. The van der Waals surface area contributed by atoms with Crippen molar-refractivity contribution in [1.29, 1.82) is 0 Å². The summed E-state index contributed by atoms with van der Waals surface area (Å²) >= 11 is 0. The standard InChI is InChI=1S/C26H26N6/c1-3-9-19(10-4-1)25-29-17-21(31-25)15-27-23-13-7-8-14-24(23)28-16-22-18-30-26(32-22)20-11-5-2-6-12-20/h1-6,9-12,15-18,23-24H,7-8,13-14H2,(H,29,31)(H,30,32)/t23-,24+. The zero-order chi connectivity index (χ0) is 21.6. The second kappa shape index (κ2) is 9.56. The number of nitrogens with one attached hydrogen (secondary N) is 2. The number of hydrogen-bond donors (Lipinski definition) is 2. The average molecular weight is 423 g/mol. The summed E-state index contributed by atoms with van der Waals surface area (Å²) in [5.74, 6) is 1.72. The maximum atomic E-state index is 4.87. The van der Waals surface area contributed by atoms with Gasteiger partial charge in [0.05, 0.1) is 35.9 Å². The van der Waals surface area contributed by atoms with E-state index in [-0.39, 0.29) is 12.1 Å². The minimum Gasteiger partial charge on any atom is -0.337 e. The van der Waals surface area contributed by atoms with E-state index in [2.05, 4.69) is 19.9 Å². The van der Waals surface area contributed by atoms with Gasteiger partial charge in [0, 0.05) is 23.6 Å². The average Bonchev–Trinajstić information content (AvgIpc) is 3.53. The third-order valence-corrected chi connectivity index (χ3v) is 5.79. The van der Waals surface area contributed by atoms with E-state index in [0.717, 1.165) is 47.0 Å². The van der Waals surface area contributed by atoms with E-state index in [1.165, 1.54) is 12.8 Å². The lowest BCUT2D eigenvalue weighted by atomic mass is 9.91. The van der Waals surface area contributed by atoms with Gasteiger partial charge in [-0.1, -0.05) is 73.5 Å². The van der Waals surface area contributed by atoms with Crippen molar-refractivity contribution in [1.82, 2.24) is 19.9 Å². The fraction of sp³-hybridized carbons (Fsp3) is 0.231. The molecule has 0 aliphatic heterocycles. The molecule has 6 nitrogen and oxygen atoms in total. The molecule has 0 spiro atoms. The Labute approximate surface area is 187 Å². The van der Waals surface area contributed by atoms with Gasteiger partial charge in [-0.05, 0) is 12.8 Å². The van der Waals surface area contributed by atoms with Crippen LogP contribution < -0.4 is 0 Å². The van der Waals surface area contributed by atoms with Crippen molar-refractivity contribution >= 4 is 12.4 Å². The molecule has 2 aromatic carbocycles. The van der Waals surface area contributed by atoms with Crippen molar-refractivity contribution in [2.24, 2.45) is 9.98 Å². The molecule has 160 valence electrons. The summed E-state index contributed by atoms with van der Waals surface area (Å²) < 4.78 is 0. The van der Waals surface area contributed by atoms with Gasteiger partial charge in [0.1, 0.15) is 11.6 Å². The minimum absolute atomic E-state index is 0.181. The summed E-state index contributed by atoms with van der Waals surface area (Å²) in [7, 11) is 0. The summed E-state index contributed by atoms with van der Waals surface area (Å²) in [6.07, 6.45) is 12.0. The molecule has 0 bridgehead atoms. The Bertz CT molecular complexity index is 1090. The number of benzene rings is 2. The number of imidazole rings is 2. The van der Waals surface area contributed by atoms with Gasteiger partial charge in [-0.2, -0.15) is 0 Å². The molecule has 1 fully saturated rings. The molecule has 1 aliphatic rings. The van der Waals surface area contributed by atoms with Crippen molar-refractivity contribution in [2.75, 3.05) is 0 Å².